The number of benzene rings is 1. The van der Waals surface area contributed by atoms with Crippen LogP contribution in [0, 0.1) is 10.1 Å². The maximum Gasteiger partial charge on any atom is 0.269 e. The molecule has 6 rings (SSSR count). The average Bonchev–Trinajstić information content (AvgIpc) is 3.43. The number of rotatable bonds is 10. The standard InChI is InChI=1S/C30H48N6O16/c31-6-13-19(39)20(40)16(34)28(46-13)51-24-14(7-37)47-30(22(24)42)52-26-18(38)11(32)5-12(33)23(26)49-29-17(35)21(41)25-15(48-29)8-45-27(50-25)9-2-1-3-10(4-9)36(43)44/h1-4,11-30,37-42H,5-8,31-35H2/t11-,12+,13+,14+,15+,16-,17+,18+,19-,20-,21+,22+,23-,24+,25+,26-,27+,28-,29+,30-/m0/s1. The molecule has 294 valence electrons. The molecule has 1 aromatic carbocycles. The van der Waals surface area contributed by atoms with Crippen LogP contribution in [0.1, 0.15) is 18.3 Å². The molecule has 0 radical (unpaired) electrons. The molecule has 0 amide bonds. The molecule has 0 unspecified atom stereocenters. The van der Waals surface area contributed by atoms with Crippen LogP contribution in [0.2, 0.25) is 0 Å². The highest BCUT2D eigenvalue weighted by atomic mass is 16.8. The first-order chi connectivity index (χ1) is 24.7. The number of nitrogens with two attached hydrogens (primary N) is 5. The van der Waals surface area contributed by atoms with E-state index in [4.69, 9.17) is 66.6 Å². The average molecular weight is 749 g/mol. The molecule has 20 atom stereocenters. The number of fused-ring (bicyclic) bond motifs is 1. The van der Waals surface area contributed by atoms with Crippen molar-refractivity contribution in [2.75, 3.05) is 19.8 Å². The Bertz CT molecular complexity index is 1370. The summed E-state index contributed by atoms with van der Waals surface area (Å²) in [4.78, 5) is 10.7. The van der Waals surface area contributed by atoms with Crippen LogP contribution in [-0.2, 0) is 37.9 Å². The van der Waals surface area contributed by atoms with Crippen LogP contribution in [0.3, 0.4) is 0 Å². The normalized spacial score (nSPS) is 48.3. The van der Waals surface area contributed by atoms with Crippen LogP contribution in [0.5, 0.6) is 0 Å². The first kappa shape index (κ1) is 39.6. The second kappa shape index (κ2) is 16.3. The number of nitro groups is 1. The lowest BCUT2D eigenvalue weighted by atomic mass is 9.84. The summed E-state index contributed by atoms with van der Waals surface area (Å²) in [6.45, 7) is -0.966. The molecule has 22 nitrogen and oxygen atoms in total. The zero-order valence-corrected chi connectivity index (χ0v) is 27.8. The number of nitro benzene ring substituents is 1. The minimum Gasteiger partial charge on any atom is -0.394 e. The largest absolute Gasteiger partial charge is 0.394 e. The van der Waals surface area contributed by atoms with Gasteiger partial charge in [-0.3, -0.25) is 10.1 Å². The fourth-order valence-corrected chi connectivity index (χ4v) is 7.16. The van der Waals surface area contributed by atoms with Crippen molar-refractivity contribution in [1.29, 1.82) is 0 Å². The molecule has 52 heavy (non-hydrogen) atoms. The van der Waals surface area contributed by atoms with Gasteiger partial charge in [-0.2, -0.15) is 0 Å². The monoisotopic (exact) mass is 748 g/mol. The zero-order chi connectivity index (χ0) is 37.6. The van der Waals surface area contributed by atoms with E-state index in [1.807, 2.05) is 0 Å². The van der Waals surface area contributed by atoms with Crippen molar-refractivity contribution in [3.05, 3.63) is 39.9 Å². The van der Waals surface area contributed by atoms with Gasteiger partial charge in [-0.25, -0.2) is 0 Å². The van der Waals surface area contributed by atoms with Gasteiger partial charge in [0.15, 0.2) is 25.2 Å². The summed E-state index contributed by atoms with van der Waals surface area (Å²) < 4.78 is 47.2. The third-order valence-corrected chi connectivity index (χ3v) is 10.2. The Morgan fingerprint density at radius 2 is 1.42 bits per heavy atom. The van der Waals surface area contributed by atoms with Gasteiger partial charge in [0, 0.05) is 36.3 Å². The molecule has 4 heterocycles. The van der Waals surface area contributed by atoms with Crippen molar-refractivity contribution in [3.8, 4) is 0 Å². The van der Waals surface area contributed by atoms with E-state index in [0.717, 1.165) is 0 Å². The molecule has 22 heteroatoms. The van der Waals surface area contributed by atoms with Crippen molar-refractivity contribution in [1.82, 2.24) is 0 Å². The number of aliphatic hydroxyl groups excluding tert-OH is 6. The van der Waals surface area contributed by atoms with Gasteiger partial charge in [-0.15, -0.1) is 0 Å². The smallest absolute Gasteiger partial charge is 0.269 e. The molecule has 4 saturated heterocycles. The van der Waals surface area contributed by atoms with E-state index >= 15 is 0 Å². The van der Waals surface area contributed by atoms with Gasteiger partial charge in [-0.05, 0) is 6.42 Å². The number of hydrogen-bond donors (Lipinski definition) is 11. The van der Waals surface area contributed by atoms with E-state index < -0.39 is 134 Å². The zero-order valence-electron chi connectivity index (χ0n) is 27.8. The number of nitrogens with zero attached hydrogens (tertiary/aromatic N) is 1. The van der Waals surface area contributed by atoms with Crippen molar-refractivity contribution in [2.24, 2.45) is 28.7 Å². The molecular formula is C30H48N6O16. The van der Waals surface area contributed by atoms with Crippen LogP contribution in [0.4, 0.5) is 5.69 Å². The third-order valence-electron chi connectivity index (χ3n) is 10.2. The molecule has 0 aromatic heterocycles. The van der Waals surface area contributed by atoms with Crippen LogP contribution in [-0.4, -0.2) is 172 Å². The van der Waals surface area contributed by atoms with Gasteiger partial charge in [-0.1, -0.05) is 12.1 Å². The van der Waals surface area contributed by atoms with Gasteiger partial charge in [0.05, 0.1) is 36.3 Å². The quantitative estimate of drug-likeness (QED) is 0.0783. The predicted octanol–water partition coefficient (Wildman–Crippen LogP) is -6.19. The van der Waals surface area contributed by atoms with Crippen LogP contribution < -0.4 is 28.7 Å². The number of aliphatic hydroxyl groups is 6. The summed E-state index contributed by atoms with van der Waals surface area (Å²) >= 11 is 0. The Kier molecular flexibility index (Phi) is 12.4. The second-order valence-corrected chi connectivity index (χ2v) is 13.6. The molecule has 16 N–H and O–H groups in total. The predicted molar refractivity (Wildman–Crippen MR) is 170 cm³/mol. The lowest BCUT2D eigenvalue weighted by Gasteiger charge is -2.49. The van der Waals surface area contributed by atoms with Crippen LogP contribution in [0.15, 0.2) is 24.3 Å². The molecule has 0 bridgehead atoms. The van der Waals surface area contributed by atoms with Gasteiger partial charge in [0.1, 0.15) is 67.1 Å². The maximum absolute atomic E-state index is 11.3. The van der Waals surface area contributed by atoms with Gasteiger partial charge >= 0.3 is 0 Å². The molecule has 1 aliphatic carbocycles. The lowest BCUT2D eigenvalue weighted by molar-refractivity contribution is -0.385. The fraction of sp³-hybridized carbons (Fsp3) is 0.800. The Morgan fingerprint density at radius 3 is 2.12 bits per heavy atom. The number of ether oxygens (including phenoxy) is 8. The van der Waals surface area contributed by atoms with Crippen molar-refractivity contribution >= 4 is 5.69 Å². The van der Waals surface area contributed by atoms with Gasteiger partial charge in [0.2, 0.25) is 0 Å². The summed E-state index contributed by atoms with van der Waals surface area (Å²) in [6, 6.07) is 1.37. The highest BCUT2D eigenvalue weighted by Crippen LogP contribution is 2.37. The summed E-state index contributed by atoms with van der Waals surface area (Å²) in [7, 11) is 0. The second-order valence-electron chi connectivity index (χ2n) is 13.6. The minimum atomic E-state index is -1.64. The van der Waals surface area contributed by atoms with E-state index in [1.165, 1.54) is 18.2 Å². The van der Waals surface area contributed by atoms with E-state index in [9.17, 15) is 40.8 Å². The molecule has 0 spiro atoms. The Labute approximate surface area is 296 Å². The molecule has 1 aromatic rings. The first-order valence-corrected chi connectivity index (χ1v) is 16.9. The van der Waals surface area contributed by atoms with Crippen molar-refractivity contribution in [3.63, 3.8) is 0 Å². The fourth-order valence-electron chi connectivity index (χ4n) is 7.16. The first-order valence-electron chi connectivity index (χ1n) is 16.9. The van der Waals surface area contributed by atoms with Gasteiger partial charge < -0.3 is 97.2 Å². The topological polar surface area (TPSA) is 368 Å². The Hall–Kier alpha value is -2.14. The van der Waals surface area contributed by atoms with E-state index in [2.05, 4.69) is 0 Å². The maximum atomic E-state index is 11.3. The highest BCUT2D eigenvalue weighted by molar-refractivity contribution is 5.35. The van der Waals surface area contributed by atoms with Crippen LogP contribution in [0.25, 0.3) is 0 Å². The van der Waals surface area contributed by atoms with Crippen molar-refractivity contribution in [2.45, 2.75) is 129 Å². The number of non-ortho nitro benzene ring substituents is 1. The molecule has 1 saturated carbocycles. The third kappa shape index (κ3) is 7.70. The lowest BCUT2D eigenvalue weighted by Crippen LogP contribution is -2.69. The van der Waals surface area contributed by atoms with E-state index in [0.29, 0.717) is 5.56 Å². The summed E-state index contributed by atoms with van der Waals surface area (Å²) in [5.74, 6) is 0. The van der Waals surface area contributed by atoms with Crippen molar-refractivity contribution < 1.29 is 73.5 Å². The highest BCUT2D eigenvalue weighted by Gasteiger charge is 2.55. The summed E-state index contributed by atoms with van der Waals surface area (Å²) in [6.07, 6.45) is -20.7. The van der Waals surface area contributed by atoms with E-state index in [-0.39, 0.29) is 25.3 Å². The van der Waals surface area contributed by atoms with Gasteiger partial charge in [0.25, 0.3) is 5.69 Å². The molecule has 5 fully saturated rings. The summed E-state index contributed by atoms with van der Waals surface area (Å²) in [5, 5.41) is 75.6. The molecule has 5 aliphatic rings. The Morgan fingerprint density at radius 1 is 0.769 bits per heavy atom. The molecular weight excluding hydrogens is 700 g/mol. The Balaban J connectivity index is 1.13. The summed E-state index contributed by atoms with van der Waals surface area (Å²) in [5.41, 5.74) is 30.8. The minimum absolute atomic E-state index is 0.0614. The SMILES string of the molecule is NC[C@H]1O[C@@H](O[C@H]2[C@@H](O)[C@H](O[C@H]3[C@H](O)[C@@H](N)C[C@@H](N)[C@@H]3O[C@H]3O[C@@H]4CO[C@@H](c5cccc([N+](=O)[O-])c5)O[C@H]4[C@H](O)[C@H]3N)O[C@@H]2CO)[C@@H](N)[C@H](O)[C@H]1O. The molecule has 4 aliphatic heterocycles. The van der Waals surface area contributed by atoms with Crippen LogP contribution >= 0.6 is 0 Å². The van der Waals surface area contributed by atoms with E-state index in [1.54, 1.807) is 6.07 Å². The number of hydrogen-bond acceptors (Lipinski definition) is 21.